The van der Waals surface area contributed by atoms with Crippen molar-refractivity contribution in [1.82, 2.24) is 11.1 Å². The summed E-state index contributed by atoms with van der Waals surface area (Å²) in [5, 5.41) is 1.17. The fourth-order valence-electron chi connectivity index (χ4n) is 0.633. The minimum absolute atomic E-state index is 0. The summed E-state index contributed by atoms with van der Waals surface area (Å²) in [4.78, 5) is 5.56. The number of aryl methyl sites for hydroxylation is 3. The molecule has 0 fully saturated rings. The van der Waals surface area contributed by atoms with Gasteiger partial charge in [0.15, 0.2) is 0 Å². The highest BCUT2D eigenvalue weighted by molar-refractivity contribution is 7.11. The van der Waals surface area contributed by atoms with E-state index in [0.29, 0.717) is 0 Å². The van der Waals surface area contributed by atoms with Gasteiger partial charge >= 0.3 is 0 Å². The molecule has 0 aliphatic carbocycles. The SMILES string of the molecule is Cc1nc(C)c(C)s1.N. The molecule has 9 heavy (non-hydrogen) atoms. The summed E-state index contributed by atoms with van der Waals surface area (Å²) in [5.74, 6) is 0. The largest absolute Gasteiger partial charge is 0.344 e. The van der Waals surface area contributed by atoms with Gasteiger partial charge in [-0.05, 0) is 20.8 Å². The van der Waals surface area contributed by atoms with E-state index in [1.54, 1.807) is 11.3 Å². The number of hydrogen-bond acceptors (Lipinski definition) is 3. The molecule has 1 rings (SSSR count). The maximum absolute atomic E-state index is 4.23. The molecule has 52 valence electrons. The van der Waals surface area contributed by atoms with Gasteiger partial charge in [-0.1, -0.05) is 0 Å². The lowest BCUT2D eigenvalue weighted by molar-refractivity contribution is 1.18. The van der Waals surface area contributed by atoms with Gasteiger partial charge in [-0.2, -0.15) is 0 Å². The number of nitrogens with zero attached hydrogens (tertiary/aromatic N) is 1. The van der Waals surface area contributed by atoms with Gasteiger partial charge in [-0.25, -0.2) is 4.98 Å². The third kappa shape index (κ3) is 1.77. The summed E-state index contributed by atoms with van der Waals surface area (Å²) in [6.45, 7) is 6.17. The molecular formula is C6H12N2S. The van der Waals surface area contributed by atoms with Gasteiger partial charge in [0, 0.05) is 4.88 Å². The van der Waals surface area contributed by atoms with Crippen molar-refractivity contribution in [3.63, 3.8) is 0 Å². The standard InChI is InChI=1S/C6H9NS.H3N/c1-4-5(2)8-6(3)7-4;/h1-3H3;1H3. The van der Waals surface area contributed by atoms with E-state index in [0.717, 1.165) is 0 Å². The lowest BCUT2D eigenvalue weighted by atomic mass is 10.4. The number of thiazole rings is 1. The van der Waals surface area contributed by atoms with E-state index in [9.17, 15) is 0 Å². The number of rotatable bonds is 0. The highest BCUT2D eigenvalue weighted by atomic mass is 32.1. The van der Waals surface area contributed by atoms with Crippen molar-refractivity contribution in [2.45, 2.75) is 20.8 Å². The van der Waals surface area contributed by atoms with E-state index in [-0.39, 0.29) is 6.15 Å². The van der Waals surface area contributed by atoms with Gasteiger partial charge in [0.05, 0.1) is 10.7 Å². The lowest BCUT2D eigenvalue weighted by Crippen LogP contribution is -1.71. The predicted molar refractivity (Wildman–Crippen MR) is 41.3 cm³/mol. The smallest absolute Gasteiger partial charge is 0.0899 e. The van der Waals surface area contributed by atoms with Crippen LogP contribution in [0.5, 0.6) is 0 Å². The molecule has 3 N–H and O–H groups in total. The number of aromatic nitrogens is 1. The molecule has 0 radical (unpaired) electrons. The fourth-order valence-corrected chi connectivity index (χ4v) is 1.45. The van der Waals surface area contributed by atoms with Gasteiger partial charge in [0.2, 0.25) is 0 Å². The zero-order valence-electron chi connectivity index (χ0n) is 6.06. The summed E-state index contributed by atoms with van der Waals surface area (Å²) in [6, 6.07) is 0. The second-order valence-electron chi connectivity index (χ2n) is 1.87. The van der Waals surface area contributed by atoms with Crippen LogP contribution in [0.1, 0.15) is 15.6 Å². The molecule has 0 atom stereocenters. The molecule has 1 aromatic rings. The molecule has 0 aliphatic rings. The zero-order chi connectivity index (χ0) is 6.15. The zero-order valence-corrected chi connectivity index (χ0v) is 6.88. The molecule has 0 spiro atoms. The predicted octanol–water partition coefficient (Wildman–Crippen LogP) is 2.23. The second kappa shape index (κ2) is 2.94. The van der Waals surface area contributed by atoms with Crippen molar-refractivity contribution in [1.29, 1.82) is 0 Å². The van der Waals surface area contributed by atoms with E-state index in [1.807, 2.05) is 13.8 Å². The minimum atomic E-state index is 0. The normalized spacial score (nSPS) is 8.78. The molecule has 0 bridgehead atoms. The van der Waals surface area contributed by atoms with E-state index in [2.05, 4.69) is 11.9 Å². The Hall–Kier alpha value is -0.410. The molecule has 3 heteroatoms. The van der Waals surface area contributed by atoms with Gasteiger partial charge in [0.1, 0.15) is 0 Å². The first-order valence-corrected chi connectivity index (χ1v) is 3.42. The van der Waals surface area contributed by atoms with E-state index in [4.69, 9.17) is 0 Å². The van der Waals surface area contributed by atoms with Crippen molar-refractivity contribution in [2.75, 3.05) is 0 Å². The Morgan fingerprint density at radius 3 is 1.89 bits per heavy atom. The van der Waals surface area contributed by atoms with Crippen molar-refractivity contribution in [2.24, 2.45) is 0 Å². The molecule has 2 nitrogen and oxygen atoms in total. The lowest BCUT2D eigenvalue weighted by Gasteiger charge is -1.77. The van der Waals surface area contributed by atoms with Crippen LogP contribution in [0.4, 0.5) is 0 Å². The van der Waals surface area contributed by atoms with Crippen LogP contribution >= 0.6 is 11.3 Å². The summed E-state index contributed by atoms with van der Waals surface area (Å²) in [6.07, 6.45) is 0. The summed E-state index contributed by atoms with van der Waals surface area (Å²) in [5.41, 5.74) is 1.17. The average Bonchev–Trinajstić information content (AvgIpc) is 1.85. The summed E-state index contributed by atoms with van der Waals surface area (Å²) in [7, 11) is 0. The Balaban J connectivity index is 0.000000640. The van der Waals surface area contributed by atoms with Crippen molar-refractivity contribution >= 4 is 11.3 Å². The van der Waals surface area contributed by atoms with Crippen molar-refractivity contribution in [3.8, 4) is 0 Å². The Morgan fingerprint density at radius 2 is 1.78 bits per heavy atom. The van der Waals surface area contributed by atoms with Crippen LogP contribution < -0.4 is 6.15 Å². The molecule has 0 saturated carbocycles. The monoisotopic (exact) mass is 144 g/mol. The molecule has 1 aromatic heterocycles. The van der Waals surface area contributed by atoms with Crippen LogP contribution in [-0.2, 0) is 0 Å². The van der Waals surface area contributed by atoms with Crippen LogP contribution in [0.15, 0.2) is 0 Å². The second-order valence-corrected chi connectivity index (χ2v) is 3.28. The van der Waals surface area contributed by atoms with Crippen molar-refractivity contribution in [3.05, 3.63) is 15.6 Å². The van der Waals surface area contributed by atoms with Gasteiger partial charge in [-0.15, -0.1) is 11.3 Å². The minimum Gasteiger partial charge on any atom is -0.344 e. The average molecular weight is 144 g/mol. The first-order chi connectivity index (χ1) is 3.70. The molecule has 0 amide bonds. The quantitative estimate of drug-likeness (QED) is 0.607. The van der Waals surface area contributed by atoms with Crippen LogP contribution in [0, 0.1) is 20.8 Å². The topological polar surface area (TPSA) is 47.9 Å². The van der Waals surface area contributed by atoms with E-state index in [1.165, 1.54) is 15.6 Å². The van der Waals surface area contributed by atoms with Gasteiger partial charge < -0.3 is 6.15 Å². The summed E-state index contributed by atoms with van der Waals surface area (Å²) >= 11 is 1.76. The number of hydrogen-bond donors (Lipinski definition) is 1. The molecule has 0 unspecified atom stereocenters. The highest BCUT2D eigenvalue weighted by Crippen LogP contribution is 2.14. The van der Waals surface area contributed by atoms with Crippen LogP contribution in [-0.4, -0.2) is 4.98 Å². The third-order valence-electron chi connectivity index (χ3n) is 1.14. The Labute approximate surface area is 59.5 Å². The fraction of sp³-hybridized carbons (Fsp3) is 0.500. The Bertz CT molecular complexity index is 173. The van der Waals surface area contributed by atoms with Crippen molar-refractivity contribution < 1.29 is 0 Å². The van der Waals surface area contributed by atoms with E-state index >= 15 is 0 Å². The van der Waals surface area contributed by atoms with Crippen LogP contribution in [0.2, 0.25) is 0 Å². The summed E-state index contributed by atoms with van der Waals surface area (Å²) < 4.78 is 0. The van der Waals surface area contributed by atoms with Gasteiger partial charge in [-0.3, -0.25) is 0 Å². The van der Waals surface area contributed by atoms with Crippen LogP contribution in [0.25, 0.3) is 0 Å². The third-order valence-corrected chi connectivity index (χ3v) is 2.12. The highest BCUT2D eigenvalue weighted by Gasteiger charge is 1.95. The molecular weight excluding hydrogens is 132 g/mol. The maximum atomic E-state index is 4.23. The maximum Gasteiger partial charge on any atom is 0.0899 e. The molecule has 0 saturated heterocycles. The first kappa shape index (κ1) is 8.59. The molecule has 0 aliphatic heterocycles. The van der Waals surface area contributed by atoms with Crippen LogP contribution in [0.3, 0.4) is 0 Å². The Morgan fingerprint density at radius 1 is 1.22 bits per heavy atom. The Kier molecular flexibility index (Phi) is 2.81. The first-order valence-electron chi connectivity index (χ1n) is 2.61. The van der Waals surface area contributed by atoms with E-state index < -0.39 is 0 Å². The molecule has 1 heterocycles. The molecule has 0 aromatic carbocycles. The van der Waals surface area contributed by atoms with Gasteiger partial charge in [0.25, 0.3) is 0 Å².